The monoisotopic (exact) mass is 265 g/mol. The molecule has 0 amide bonds. The molecule has 2 nitrogen and oxygen atoms in total. The molecule has 0 aromatic heterocycles. The standard InChI is InChI=1S/C8H11N.C4H8.C3H6O.C2H6/c1-9(2)8-6-4-3-5-7-8;1-3-4-2;1-3(2)4;1-2/h3-7H,1-2H3;3H,1,4H2,2H3;1-2H3;1-2H3. The second kappa shape index (κ2) is 18.8. The quantitative estimate of drug-likeness (QED) is 0.705. The van der Waals surface area contributed by atoms with Crippen LogP contribution >= 0.6 is 0 Å². The van der Waals surface area contributed by atoms with Gasteiger partial charge in [-0.2, -0.15) is 0 Å². The van der Waals surface area contributed by atoms with Gasteiger partial charge in [-0.25, -0.2) is 0 Å². The van der Waals surface area contributed by atoms with Gasteiger partial charge in [-0.1, -0.05) is 45.0 Å². The maximum absolute atomic E-state index is 9.44. The minimum Gasteiger partial charge on any atom is -0.378 e. The Hall–Kier alpha value is -1.57. The van der Waals surface area contributed by atoms with Crippen molar-refractivity contribution in [2.45, 2.75) is 41.0 Å². The number of hydrogen-bond donors (Lipinski definition) is 0. The van der Waals surface area contributed by atoms with Gasteiger partial charge in [-0.3, -0.25) is 0 Å². The normalized spacial score (nSPS) is 7.32. The van der Waals surface area contributed by atoms with E-state index in [1.165, 1.54) is 19.5 Å². The third-order valence-corrected chi connectivity index (χ3v) is 1.56. The lowest BCUT2D eigenvalue weighted by atomic mass is 10.3. The fraction of sp³-hybridized carbons (Fsp3) is 0.471. The molecule has 2 heteroatoms. The van der Waals surface area contributed by atoms with Gasteiger partial charge in [-0.05, 0) is 32.4 Å². The molecule has 0 saturated heterocycles. The zero-order valence-electron chi connectivity index (χ0n) is 13.7. The first kappa shape index (κ1) is 22.6. The molecule has 0 unspecified atom stereocenters. The third-order valence-electron chi connectivity index (χ3n) is 1.56. The van der Waals surface area contributed by atoms with Gasteiger partial charge in [0.15, 0.2) is 0 Å². The van der Waals surface area contributed by atoms with E-state index in [4.69, 9.17) is 0 Å². The van der Waals surface area contributed by atoms with Crippen LogP contribution in [-0.4, -0.2) is 19.9 Å². The van der Waals surface area contributed by atoms with E-state index in [2.05, 4.69) is 30.5 Å². The van der Waals surface area contributed by atoms with Crippen LogP contribution in [0.5, 0.6) is 0 Å². The predicted molar refractivity (Wildman–Crippen MR) is 89.0 cm³/mol. The summed E-state index contributed by atoms with van der Waals surface area (Å²) in [5.74, 6) is 0.167. The topological polar surface area (TPSA) is 20.3 Å². The number of anilines is 1. The van der Waals surface area contributed by atoms with E-state index >= 15 is 0 Å². The minimum atomic E-state index is 0.167. The summed E-state index contributed by atoms with van der Waals surface area (Å²) in [4.78, 5) is 11.5. The largest absolute Gasteiger partial charge is 0.378 e. The van der Waals surface area contributed by atoms with Crippen molar-refractivity contribution in [3.63, 3.8) is 0 Å². The number of hydrogen-bond acceptors (Lipinski definition) is 2. The first-order chi connectivity index (χ1) is 8.95. The fourth-order valence-corrected chi connectivity index (χ4v) is 0.726. The lowest BCUT2D eigenvalue weighted by Crippen LogP contribution is -2.07. The number of carbonyl (C=O) groups excluding carboxylic acids is 1. The van der Waals surface area contributed by atoms with Gasteiger partial charge in [0.2, 0.25) is 0 Å². The second-order valence-corrected chi connectivity index (χ2v) is 3.84. The summed E-state index contributed by atoms with van der Waals surface area (Å²) >= 11 is 0. The molecule has 110 valence electrons. The number of benzene rings is 1. The summed E-state index contributed by atoms with van der Waals surface area (Å²) in [5, 5.41) is 0. The van der Waals surface area contributed by atoms with Crippen molar-refractivity contribution in [2.24, 2.45) is 0 Å². The molecule has 0 aliphatic heterocycles. The molecule has 19 heavy (non-hydrogen) atoms. The van der Waals surface area contributed by atoms with Crippen molar-refractivity contribution in [2.75, 3.05) is 19.0 Å². The predicted octanol–water partition coefficient (Wildman–Crippen LogP) is 4.96. The fourth-order valence-electron chi connectivity index (χ4n) is 0.726. The van der Waals surface area contributed by atoms with Crippen molar-refractivity contribution in [1.82, 2.24) is 0 Å². The number of allylic oxidation sites excluding steroid dienone is 1. The Morgan fingerprint density at radius 1 is 1.16 bits per heavy atom. The van der Waals surface area contributed by atoms with Gasteiger partial charge < -0.3 is 9.69 Å². The average molecular weight is 265 g/mol. The zero-order chi connectivity index (χ0) is 15.7. The summed E-state index contributed by atoms with van der Waals surface area (Å²) in [6, 6.07) is 10.3. The minimum absolute atomic E-state index is 0.167. The Bertz CT molecular complexity index is 287. The maximum Gasteiger partial charge on any atom is 0.126 e. The smallest absolute Gasteiger partial charge is 0.126 e. The molecule has 1 aromatic carbocycles. The van der Waals surface area contributed by atoms with Crippen LogP contribution in [-0.2, 0) is 4.79 Å². The molecule has 0 spiro atoms. The number of ketones is 1. The van der Waals surface area contributed by atoms with Gasteiger partial charge in [-0.15, -0.1) is 6.58 Å². The summed E-state index contributed by atoms with van der Waals surface area (Å²) in [7, 11) is 4.07. The summed E-state index contributed by atoms with van der Waals surface area (Å²) < 4.78 is 0. The molecule has 0 radical (unpaired) electrons. The van der Waals surface area contributed by atoms with Crippen molar-refractivity contribution in [1.29, 1.82) is 0 Å². The summed E-state index contributed by atoms with van der Waals surface area (Å²) in [6.45, 7) is 12.6. The molecule has 0 fully saturated rings. The maximum atomic E-state index is 9.44. The van der Waals surface area contributed by atoms with E-state index in [1.807, 2.05) is 52.2 Å². The first-order valence-corrected chi connectivity index (χ1v) is 6.76. The molecule has 0 aliphatic carbocycles. The highest BCUT2D eigenvalue weighted by atomic mass is 16.1. The van der Waals surface area contributed by atoms with Gasteiger partial charge in [0, 0.05) is 19.8 Å². The first-order valence-electron chi connectivity index (χ1n) is 6.76. The summed E-state index contributed by atoms with van der Waals surface area (Å²) in [6.07, 6.45) is 2.96. The number of carbonyl (C=O) groups is 1. The molecule has 1 rings (SSSR count). The Balaban J connectivity index is -0.000000217. The van der Waals surface area contributed by atoms with Crippen LogP contribution in [0.25, 0.3) is 0 Å². The Labute approximate surface area is 120 Å². The van der Waals surface area contributed by atoms with Gasteiger partial charge in [0.1, 0.15) is 5.78 Å². The van der Waals surface area contributed by atoms with Crippen LogP contribution in [0.2, 0.25) is 0 Å². The molecule has 0 heterocycles. The van der Waals surface area contributed by atoms with E-state index in [9.17, 15) is 4.79 Å². The van der Waals surface area contributed by atoms with Gasteiger partial charge in [0.25, 0.3) is 0 Å². The van der Waals surface area contributed by atoms with E-state index in [-0.39, 0.29) is 5.78 Å². The zero-order valence-corrected chi connectivity index (χ0v) is 13.7. The van der Waals surface area contributed by atoms with Crippen molar-refractivity contribution in [3.8, 4) is 0 Å². The molecule has 0 aliphatic rings. The molecular formula is C17H31NO. The highest BCUT2D eigenvalue weighted by molar-refractivity contribution is 5.72. The Kier molecular flexibility index (Phi) is 22.3. The van der Waals surface area contributed by atoms with Crippen molar-refractivity contribution < 1.29 is 4.79 Å². The SMILES string of the molecule is C=CCC.CC.CC(C)=O.CN(C)c1ccccc1. The Morgan fingerprint density at radius 2 is 1.47 bits per heavy atom. The molecular weight excluding hydrogens is 234 g/mol. The van der Waals surface area contributed by atoms with Gasteiger partial charge in [0.05, 0.1) is 0 Å². The molecule has 0 saturated carbocycles. The van der Waals surface area contributed by atoms with E-state index in [0.29, 0.717) is 0 Å². The van der Waals surface area contributed by atoms with Crippen LogP contribution in [0, 0.1) is 0 Å². The van der Waals surface area contributed by atoms with Gasteiger partial charge >= 0.3 is 0 Å². The Morgan fingerprint density at radius 3 is 1.63 bits per heavy atom. The van der Waals surface area contributed by atoms with Crippen LogP contribution < -0.4 is 4.90 Å². The van der Waals surface area contributed by atoms with E-state index in [1.54, 1.807) is 0 Å². The molecule has 0 atom stereocenters. The van der Waals surface area contributed by atoms with E-state index < -0.39 is 0 Å². The van der Waals surface area contributed by atoms with Crippen molar-refractivity contribution in [3.05, 3.63) is 43.0 Å². The number of para-hydroxylation sites is 1. The number of Topliss-reactive ketones (excluding diaryl/α,β-unsaturated/α-hetero) is 1. The second-order valence-electron chi connectivity index (χ2n) is 3.84. The van der Waals surface area contributed by atoms with Crippen LogP contribution in [0.4, 0.5) is 5.69 Å². The molecule has 0 bridgehead atoms. The third kappa shape index (κ3) is 26.2. The highest BCUT2D eigenvalue weighted by Crippen LogP contribution is 2.07. The highest BCUT2D eigenvalue weighted by Gasteiger charge is 1.87. The van der Waals surface area contributed by atoms with Crippen LogP contribution in [0.15, 0.2) is 43.0 Å². The van der Waals surface area contributed by atoms with Crippen LogP contribution in [0.3, 0.4) is 0 Å². The van der Waals surface area contributed by atoms with Crippen molar-refractivity contribution >= 4 is 11.5 Å². The average Bonchev–Trinajstić information content (AvgIpc) is 2.41. The lowest BCUT2D eigenvalue weighted by Gasteiger charge is -2.10. The van der Waals surface area contributed by atoms with E-state index in [0.717, 1.165) is 6.42 Å². The molecule has 0 N–H and O–H groups in total. The lowest BCUT2D eigenvalue weighted by molar-refractivity contribution is -0.114. The number of rotatable bonds is 2. The summed E-state index contributed by atoms with van der Waals surface area (Å²) in [5.41, 5.74) is 1.25. The van der Waals surface area contributed by atoms with Crippen LogP contribution in [0.1, 0.15) is 41.0 Å². The number of nitrogens with zero attached hydrogens (tertiary/aromatic N) is 1. The molecule has 1 aromatic rings.